The molecule has 3 rings (SSSR count). The van der Waals surface area contributed by atoms with Crippen LogP contribution in [-0.4, -0.2) is 4.98 Å². The number of nitrogen functional groups attached to an aromatic ring is 1. The van der Waals surface area contributed by atoms with Gasteiger partial charge in [0.2, 0.25) is 0 Å². The fourth-order valence-electron chi connectivity index (χ4n) is 4.03. The zero-order valence-electron chi connectivity index (χ0n) is 13.4. The van der Waals surface area contributed by atoms with Gasteiger partial charge < -0.3 is 5.73 Å². The molecular weight excluding hydrogens is 256 g/mol. The molecule has 0 spiro atoms. The van der Waals surface area contributed by atoms with Crippen LogP contribution in [0.4, 0.5) is 5.82 Å². The first-order valence-corrected chi connectivity index (χ1v) is 7.63. The predicted molar refractivity (Wildman–Crippen MR) is 90.9 cm³/mol. The minimum atomic E-state index is 0.222. The van der Waals surface area contributed by atoms with Crippen LogP contribution in [0, 0.1) is 10.8 Å². The third kappa shape index (κ3) is 2.67. The van der Waals surface area contributed by atoms with Crippen LogP contribution in [-0.2, 0) is 0 Å². The molecule has 2 aromatic rings. The Hall–Kier alpha value is -1.83. The summed E-state index contributed by atoms with van der Waals surface area (Å²) in [7, 11) is 0. The molecule has 0 saturated heterocycles. The van der Waals surface area contributed by atoms with Crippen LogP contribution in [0.25, 0.3) is 16.3 Å². The van der Waals surface area contributed by atoms with Gasteiger partial charge >= 0.3 is 0 Å². The minimum Gasteiger partial charge on any atom is -0.383 e. The molecule has 0 unspecified atom stereocenters. The van der Waals surface area contributed by atoms with E-state index in [1.54, 1.807) is 0 Å². The van der Waals surface area contributed by atoms with E-state index in [-0.39, 0.29) is 5.41 Å². The van der Waals surface area contributed by atoms with E-state index >= 15 is 0 Å². The molecule has 0 radical (unpaired) electrons. The Bertz CT molecular complexity index is 723. The largest absolute Gasteiger partial charge is 0.383 e. The second-order valence-electron chi connectivity index (χ2n) is 7.78. The highest BCUT2D eigenvalue weighted by atomic mass is 14.8. The van der Waals surface area contributed by atoms with Gasteiger partial charge in [-0.3, -0.25) is 0 Å². The summed E-state index contributed by atoms with van der Waals surface area (Å²) < 4.78 is 0. The molecule has 110 valence electrons. The maximum Gasteiger partial charge on any atom is 0.131 e. The average Bonchev–Trinajstić information content (AvgIpc) is 2.35. The smallest absolute Gasteiger partial charge is 0.131 e. The molecule has 1 aliphatic carbocycles. The first-order chi connectivity index (χ1) is 9.77. The maximum atomic E-state index is 6.03. The Morgan fingerprint density at radius 2 is 1.71 bits per heavy atom. The lowest BCUT2D eigenvalue weighted by atomic mass is 9.65. The van der Waals surface area contributed by atoms with Crippen molar-refractivity contribution >= 4 is 22.2 Å². The average molecular weight is 280 g/mol. The van der Waals surface area contributed by atoms with E-state index in [4.69, 9.17) is 5.73 Å². The molecule has 1 aliphatic rings. The van der Waals surface area contributed by atoms with Crippen LogP contribution in [0.5, 0.6) is 0 Å². The Labute approximate surface area is 127 Å². The molecule has 2 nitrogen and oxygen atoms in total. The summed E-state index contributed by atoms with van der Waals surface area (Å²) in [5, 5.41) is 2.27. The van der Waals surface area contributed by atoms with Gasteiger partial charge in [0.1, 0.15) is 5.82 Å². The molecule has 0 bridgehead atoms. The van der Waals surface area contributed by atoms with Crippen molar-refractivity contribution in [2.75, 3.05) is 5.73 Å². The van der Waals surface area contributed by atoms with Crippen LogP contribution >= 0.6 is 0 Å². The standard InChI is InChI=1S/C19H24N2/c1-18(2)9-13(10-19(3,4)12-18)16-11-21-17(20)15-8-6-5-7-14(15)16/h5-9,11H,10,12H2,1-4H3,(H2,20,21). The topological polar surface area (TPSA) is 38.9 Å². The summed E-state index contributed by atoms with van der Waals surface area (Å²) >= 11 is 0. The number of nitrogens with zero attached hydrogens (tertiary/aromatic N) is 1. The van der Waals surface area contributed by atoms with E-state index in [0.717, 1.165) is 11.8 Å². The molecule has 2 N–H and O–H groups in total. The fraction of sp³-hybridized carbons (Fsp3) is 0.421. The lowest BCUT2D eigenvalue weighted by Crippen LogP contribution is -2.26. The van der Waals surface area contributed by atoms with Crippen LogP contribution in [0.15, 0.2) is 36.5 Å². The summed E-state index contributed by atoms with van der Waals surface area (Å²) in [6.07, 6.45) is 6.68. The van der Waals surface area contributed by atoms with Crippen molar-refractivity contribution in [1.29, 1.82) is 0 Å². The zero-order chi connectivity index (χ0) is 15.3. The van der Waals surface area contributed by atoms with Crippen molar-refractivity contribution in [2.24, 2.45) is 10.8 Å². The Morgan fingerprint density at radius 3 is 2.38 bits per heavy atom. The molecule has 1 aromatic carbocycles. The van der Waals surface area contributed by atoms with Crippen LogP contribution < -0.4 is 5.73 Å². The van der Waals surface area contributed by atoms with Gasteiger partial charge in [-0.15, -0.1) is 0 Å². The summed E-state index contributed by atoms with van der Waals surface area (Å²) in [4.78, 5) is 4.41. The van der Waals surface area contributed by atoms with Gasteiger partial charge in [0.25, 0.3) is 0 Å². The molecular formula is C19H24N2. The number of allylic oxidation sites excluding steroid dienone is 2. The molecule has 1 heterocycles. The Morgan fingerprint density at radius 1 is 1.05 bits per heavy atom. The van der Waals surface area contributed by atoms with Crippen molar-refractivity contribution in [2.45, 2.75) is 40.5 Å². The number of rotatable bonds is 1. The zero-order valence-corrected chi connectivity index (χ0v) is 13.4. The second-order valence-corrected chi connectivity index (χ2v) is 7.78. The van der Waals surface area contributed by atoms with Crippen molar-refractivity contribution in [3.05, 3.63) is 42.1 Å². The fourth-order valence-corrected chi connectivity index (χ4v) is 4.03. The first-order valence-electron chi connectivity index (χ1n) is 7.63. The number of hydrogen-bond donors (Lipinski definition) is 1. The van der Waals surface area contributed by atoms with Crippen LogP contribution in [0.1, 0.15) is 46.1 Å². The first kappa shape index (κ1) is 14.1. The minimum absolute atomic E-state index is 0.222. The number of aromatic nitrogens is 1. The van der Waals surface area contributed by atoms with E-state index in [0.29, 0.717) is 11.2 Å². The summed E-state index contributed by atoms with van der Waals surface area (Å²) in [6.45, 7) is 9.35. The summed E-state index contributed by atoms with van der Waals surface area (Å²) in [5.74, 6) is 0.615. The number of fused-ring (bicyclic) bond motifs is 1. The molecule has 0 amide bonds. The molecule has 0 aliphatic heterocycles. The van der Waals surface area contributed by atoms with Gasteiger partial charge in [0.15, 0.2) is 0 Å². The predicted octanol–water partition coefficient (Wildman–Crippen LogP) is 5.05. The SMILES string of the molecule is CC1(C)C=C(c2cnc(N)c3ccccc23)CC(C)(C)C1. The van der Waals surface area contributed by atoms with Gasteiger partial charge in [-0.2, -0.15) is 0 Å². The van der Waals surface area contributed by atoms with Crippen LogP contribution in [0.2, 0.25) is 0 Å². The number of nitrogens with two attached hydrogens (primary N) is 1. The molecule has 2 heteroatoms. The summed E-state index contributed by atoms with van der Waals surface area (Å²) in [5.41, 5.74) is 9.21. The molecule has 0 saturated carbocycles. The monoisotopic (exact) mass is 280 g/mol. The highest BCUT2D eigenvalue weighted by molar-refractivity contribution is 5.98. The third-order valence-corrected chi connectivity index (χ3v) is 4.34. The number of benzene rings is 1. The van der Waals surface area contributed by atoms with E-state index in [1.807, 2.05) is 12.3 Å². The van der Waals surface area contributed by atoms with Crippen molar-refractivity contribution < 1.29 is 0 Å². The highest BCUT2D eigenvalue weighted by Gasteiger charge is 2.33. The number of hydrogen-bond acceptors (Lipinski definition) is 2. The van der Waals surface area contributed by atoms with Gasteiger partial charge in [-0.05, 0) is 34.6 Å². The molecule has 0 fully saturated rings. The van der Waals surface area contributed by atoms with Crippen molar-refractivity contribution in [3.8, 4) is 0 Å². The highest BCUT2D eigenvalue weighted by Crippen LogP contribution is 2.48. The lowest BCUT2D eigenvalue weighted by Gasteiger charge is -2.39. The number of anilines is 1. The Kier molecular flexibility index (Phi) is 3.09. The van der Waals surface area contributed by atoms with Gasteiger partial charge in [-0.1, -0.05) is 58.0 Å². The van der Waals surface area contributed by atoms with E-state index < -0.39 is 0 Å². The van der Waals surface area contributed by atoms with Crippen LogP contribution in [0.3, 0.4) is 0 Å². The van der Waals surface area contributed by atoms with E-state index in [9.17, 15) is 0 Å². The van der Waals surface area contributed by atoms with Crippen molar-refractivity contribution in [3.63, 3.8) is 0 Å². The molecule has 21 heavy (non-hydrogen) atoms. The van der Waals surface area contributed by atoms with Gasteiger partial charge in [0, 0.05) is 17.1 Å². The van der Waals surface area contributed by atoms with Gasteiger partial charge in [-0.25, -0.2) is 4.98 Å². The summed E-state index contributed by atoms with van der Waals surface area (Å²) in [6, 6.07) is 8.30. The molecule has 1 aromatic heterocycles. The quantitative estimate of drug-likeness (QED) is 0.794. The number of pyridine rings is 1. The Balaban J connectivity index is 2.21. The third-order valence-electron chi connectivity index (χ3n) is 4.34. The van der Waals surface area contributed by atoms with Gasteiger partial charge in [0.05, 0.1) is 0 Å². The van der Waals surface area contributed by atoms with Crippen molar-refractivity contribution in [1.82, 2.24) is 4.98 Å². The molecule has 0 atom stereocenters. The van der Waals surface area contributed by atoms with E-state index in [1.165, 1.54) is 22.9 Å². The normalized spacial score (nSPS) is 20.3. The second kappa shape index (κ2) is 4.59. The van der Waals surface area contributed by atoms with E-state index in [2.05, 4.69) is 57.0 Å². The lowest BCUT2D eigenvalue weighted by molar-refractivity contribution is 0.229. The maximum absolute atomic E-state index is 6.03.